The number of aromatic nitrogens is 1. The summed E-state index contributed by atoms with van der Waals surface area (Å²) in [4.78, 5) is 23.5. The molecule has 2 aliphatic heterocycles. The number of hydrogen-bond donors (Lipinski definition) is 1. The second-order valence-corrected chi connectivity index (χ2v) is 16.7. The number of carbonyl (C=O) groups excluding carboxylic acids is 1. The number of amides is 1. The second kappa shape index (κ2) is 16.9. The summed E-state index contributed by atoms with van der Waals surface area (Å²) < 4.78 is 56.4. The summed E-state index contributed by atoms with van der Waals surface area (Å²) in [5.74, 6) is -1.23. The fraction of sp³-hybridized carbons (Fsp3) is 0.514. The third kappa shape index (κ3) is 9.05. The van der Waals surface area contributed by atoms with Crippen LogP contribution in [0.15, 0.2) is 70.9 Å². The van der Waals surface area contributed by atoms with E-state index in [1.165, 1.54) is 29.7 Å². The van der Waals surface area contributed by atoms with Crippen LogP contribution in [0.3, 0.4) is 0 Å². The first-order chi connectivity index (χ1) is 24.7. The topological polar surface area (TPSA) is 150 Å². The number of piperazine rings is 1. The number of hydrogen-bond acceptors (Lipinski definition) is 8. The predicted molar refractivity (Wildman–Crippen MR) is 198 cm³/mol. The van der Waals surface area contributed by atoms with Crippen molar-refractivity contribution in [3.05, 3.63) is 93.3 Å². The Labute approximate surface area is 310 Å². The molecule has 2 aromatic carbocycles. The number of nitrogens with one attached hydrogen (secondary N) is 1. The van der Waals surface area contributed by atoms with E-state index in [0.717, 1.165) is 11.8 Å². The van der Waals surface area contributed by atoms with Gasteiger partial charge in [-0.25, -0.2) is 12.8 Å². The zero-order valence-corrected chi connectivity index (χ0v) is 31.8. The Bertz CT molecular complexity index is 1850. The summed E-state index contributed by atoms with van der Waals surface area (Å²) in [6.07, 6.45) is 4.11. The number of rotatable bonds is 12. The minimum Gasteiger partial charge on any atom is -0.497 e. The predicted octanol–water partition coefficient (Wildman–Crippen LogP) is 7.21. The molecule has 1 N–H and O–H groups in total. The highest BCUT2D eigenvalue weighted by atomic mass is 35.5. The van der Waals surface area contributed by atoms with Crippen LogP contribution in [0, 0.1) is 11.7 Å². The van der Waals surface area contributed by atoms with Crippen LogP contribution >= 0.6 is 11.6 Å². The van der Waals surface area contributed by atoms with Crippen LogP contribution in [0.5, 0.6) is 5.75 Å². The Kier molecular flexibility index (Phi) is 12.8. The van der Waals surface area contributed by atoms with Crippen molar-refractivity contribution in [2.75, 3.05) is 38.7 Å². The van der Waals surface area contributed by atoms with E-state index in [1.54, 1.807) is 24.3 Å². The number of azide groups is 1. The monoisotopic (exact) mass is 755 g/mol. The molecule has 2 saturated heterocycles. The Morgan fingerprint density at radius 2 is 1.81 bits per heavy atom. The van der Waals surface area contributed by atoms with E-state index >= 15 is 4.39 Å². The van der Waals surface area contributed by atoms with Crippen molar-refractivity contribution in [1.82, 2.24) is 14.2 Å². The number of halogens is 2. The summed E-state index contributed by atoms with van der Waals surface area (Å²) in [5.41, 5.74) is 10.5. The molecule has 3 heterocycles. The molecule has 0 saturated carbocycles. The number of ether oxygens (including phenoxy) is 2. The quantitative estimate of drug-likeness (QED) is 0.117. The van der Waals surface area contributed by atoms with Gasteiger partial charge in [-0.3, -0.25) is 14.7 Å². The van der Waals surface area contributed by atoms with E-state index in [4.69, 9.17) is 21.1 Å². The van der Waals surface area contributed by atoms with Gasteiger partial charge in [0.25, 0.3) is 0 Å². The fourth-order valence-electron chi connectivity index (χ4n) is 7.39. The molecule has 280 valence electrons. The largest absolute Gasteiger partial charge is 0.497 e. The van der Waals surface area contributed by atoms with Gasteiger partial charge >= 0.3 is 0 Å². The number of sulfonamides is 1. The Morgan fingerprint density at radius 3 is 2.42 bits per heavy atom. The number of methoxy groups -OCH3 is 1. The highest BCUT2D eigenvalue weighted by molar-refractivity contribution is 7.89. The van der Waals surface area contributed by atoms with Gasteiger partial charge in [0.1, 0.15) is 17.6 Å². The summed E-state index contributed by atoms with van der Waals surface area (Å²) in [6, 6.07) is 11.3. The molecular formula is C37H47ClFN7O5S. The van der Waals surface area contributed by atoms with Crippen molar-refractivity contribution in [3.8, 4) is 5.75 Å². The summed E-state index contributed by atoms with van der Waals surface area (Å²) in [7, 11) is -2.44. The third-order valence-electron chi connectivity index (χ3n) is 10.1. The molecule has 5 rings (SSSR count). The van der Waals surface area contributed by atoms with Crippen LogP contribution < -0.4 is 10.1 Å². The van der Waals surface area contributed by atoms with E-state index in [-0.39, 0.29) is 46.5 Å². The van der Waals surface area contributed by atoms with Crippen LogP contribution in [0.4, 0.5) is 10.1 Å². The average Bonchev–Trinajstić information content (AvgIpc) is 3.11. The summed E-state index contributed by atoms with van der Waals surface area (Å²) in [5, 5.41) is 7.33. The lowest BCUT2D eigenvalue weighted by Gasteiger charge is -2.49. The van der Waals surface area contributed by atoms with Gasteiger partial charge in [-0.15, -0.1) is 0 Å². The lowest BCUT2D eigenvalue weighted by atomic mass is 9.76. The Balaban J connectivity index is 1.44. The average molecular weight is 756 g/mol. The number of anilines is 1. The first kappa shape index (κ1) is 39.4. The fourth-order valence-corrected chi connectivity index (χ4v) is 9.35. The smallest absolute Gasteiger partial charge is 0.243 e. The Morgan fingerprint density at radius 1 is 1.13 bits per heavy atom. The number of benzene rings is 2. The molecule has 15 heteroatoms. The zero-order valence-electron chi connectivity index (χ0n) is 30.2. The first-order valence-electron chi connectivity index (χ1n) is 17.5. The minimum atomic E-state index is -3.95. The van der Waals surface area contributed by atoms with Crippen molar-refractivity contribution in [2.24, 2.45) is 11.0 Å². The highest BCUT2D eigenvalue weighted by Gasteiger charge is 2.43. The summed E-state index contributed by atoms with van der Waals surface area (Å²) in [6.45, 7) is 10.1. The maximum absolute atomic E-state index is 15.7. The van der Waals surface area contributed by atoms with Crippen molar-refractivity contribution in [1.29, 1.82) is 0 Å². The molecule has 12 nitrogen and oxygen atoms in total. The van der Waals surface area contributed by atoms with Crippen LogP contribution in [0.1, 0.15) is 64.0 Å². The minimum absolute atomic E-state index is 0.0287. The number of pyridine rings is 1. The molecule has 0 spiro atoms. The number of carbonyl (C=O) groups is 1. The lowest BCUT2D eigenvalue weighted by Crippen LogP contribution is -2.63. The molecule has 0 aliphatic carbocycles. The number of nitrogens with zero attached hydrogens (tertiary/aromatic N) is 6. The maximum atomic E-state index is 15.7. The molecule has 2 aliphatic rings. The van der Waals surface area contributed by atoms with Gasteiger partial charge in [0, 0.05) is 65.3 Å². The normalized spacial score (nSPS) is 20.4. The zero-order chi connectivity index (χ0) is 37.6. The van der Waals surface area contributed by atoms with E-state index in [2.05, 4.69) is 46.0 Å². The van der Waals surface area contributed by atoms with Gasteiger partial charge in [-0.1, -0.05) is 28.8 Å². The molecule has 0 radical (unpaired) electrons. The second-order valence-electron chi connectivity index (χ2n) is 14.4. The van der Waals surface area contributed by atoms with Gasteiger partial charge in [0.05, 0.1) is 30.1 Å². The van der Waals surface area contributed by atoms with Crippen molar-refractivity contribution in [3.63, 3.8) is 0 Å². The van der Waals surface area contributed by atoms with Gasteiger partial charge in [-0.05, 0) is 107 Å². The van der Waals surface area contributed by atoms with Gasteiger partial charge < -0.3 is 14.8 Å². The van der Waals surface area contributed by atoms with Crippen LogP contribution in [0.2, 0.25) is 5.02 Å². The van der Waals surface area contributed by atoms with Crippen molar-refractivity contribution >= 4 is 33.2 Å². The standard InChI is InChI=1S/C37H47ClFN7O5S/c1-24-22-45(37(2,3)4)23-28(46(24)52(48,49)30-13-11-29(50-5)12-14-30)10-15-31-32(39)20-41-21-33(31)42-36(47)35(43-44-40)34(26-16-18-51-19-17-26)25-6-8-27(38)9-7-25/h6-9,11-14,20-21,24,26,28,34-35H,10,15-19,22-23H2,1-5H3,(H,42,47)/t24-,28-,34-,35-/m0/s1. The van der Waals surface area contributed by atoms with E-state index in [9.17, 15) is 18.7 Å². The molecule has 0 bridgehead atoms. The van der Waals surface area contributed by atoms with Crippen molar-refractivity contribution in [2.45, 2.75) is 87.9 Å². The summed E-state index contributed by atoms with van der Waals surface area (Å²) >= 11 is 6.18. The molecular weight excluding hydrogens is 709 g/mol. The van der Waals surface area contributed by atoms with Gasteiger partial charge in [-0.2, -0.15) is 4.31 Å². The van der Waals surface area contributed by atoms with Crippen LogP contribution in [0.25, 0.3) is 10.4 Å². The van der Waals surface area contributed by atoms with Crippen LogP contribution in [-0.4, -0.2) is 85.6 Å². The Hall–Kier alpha value is -3.78. The van der Waals surface area contributed by atoms with Crippen molar-refractivity contribution < 1.29 is 27.1 Å². The third-order valence-corrected chi connectivity index (χ3v) is 12.4. The molecule has 52 heavy (non-hydrogen) atoms. The van der Waals surface area contributed by atoms with E-state index < -0.39 is 39.7 Å². The molecule has 2 fully saturated rings. The van der Waals surface area contributed by atoms with Gasteiger partial charge in [0.2, 0.25) is 15.9 Å². The lowest BCUT2D eigenvalue weighted by molar-refractivity contribution is -0.118. The maximum Gasteiger partial charge on any atom is 0.243 e. The van der Waals surface area contributed by atoms with Crippen LogP contribution in [-0.2, 0) is 26.0 Å². The molecule has 0 unspecified atom stereocenters. The molecule has 1 aromatic heterocycles. The molecule has 4 atom stereocenters. The molecule has 3 aromatic rings. The molecule has 1 amide bonds. The van der Waals surface area contributed by atoms with E-state index in [0.29, 0.717) is 49.9 Å². The van der Waals surface area contributed by atoms with E-state index in [1.807, 2.05) is 19.1 Å². The highest BCUT2D eigenvalue weighted by Crippen LogP contribution is 2.38. The first-order valence-corrected chi connectivity index (χ1v) is 19.3. The van der Waals surface area contributed by atoms with Gasteiger partial charge in [0.15, 0.2) is 0 Å². The SMILES string of the molecule is COc1ccc(S(=O)(=O)N2[C@@H](CCc3c(F)cncc3NC(=O)[C@@H](N=[N+]=[N-])[C@@H](c3ccc(Cl)cc3)C3CCOCC3)CN(C(C)(C)C)C[C@@H]2C)cc1.